The average molecular weight is 433 g/mol. The van der Waals surface area contributed by atoms with E-state index in [4.69, 9.17) is 25.8 Å². The maximum atomic E-state index is 12.7. The van der Waals surface area contributed by atoms with Gasteiger partial charge in [0.2, 0.25) is 5.88 Å². The molecule has 1 aromatic heterocycles. The van der Waals surface area contributed by atoms with Crippen molar-refractivity contribution in [2.75, 3.05) is 13.7 Å². The van der Waals surface area contributed by atoms with Gasteiger partial charge in [0.1, 0.15) is 18.0 Å². The molecule has 0 spiro atoms. The highest BCUT2D eigenvalue weighted by Gasteiger charge is 2.32. The van der Waals surface area contributed by atoms with Crippen LogP contribution in [0.2, 0.25) is 5.02 Å². The Kier molecular flexibility index (Phi) is 7.08. The minimum absolute atomic E-state index is 0.123. The Morgan fingerprint density at radius 1 is 1.23 bits per heavy atom. The number of methoxy groups -OCH3 is 1. The lowest BCUT2D eigenvalue weighted by molar-refractivity contribution is 0.00891. The van der Waals surface area contributed by atoms with Crippen LogP contribution in [0.15, 0.2) is 36.4 Å². The van der Waals surface area contributed by atoms with Crippen LogP contribution >= 0.6 is 11.6 Å². The van der Waals surface area contributed by atoms with E-state index in [9.17, 15) is 4.79 Å². The highest BCUT2D eigenvalue weighted by Crippen LogP contribution is 2.32. The van der Waals surface area contributed by atoms with Crippen molar-refractivity contribution in [3.8, 4) is 11.6 Å². The van der Waals surface area contributed by atoms with Gasteiger partial charge in [-0.1, -0.05) is 23.7 Å². The maximum Gasteiger partial charge on any atom is 0.410 e. The van der Waals surface area contributed by atoms with Crippen molar-refractivity contribution in [3.63, 3.8) is 0 Å². The summed E-state index contributed by atoms with van der Waals surface area (Å²) in [5, 5.41) is 0.607. The lowest BCUT2D eigenvalue weighted by atomic mass is 9.99. The number of pyridine rings is 1. The molecular formula is C23H29ClN2O4. The van der Waals surface area contributed by atoms with Gasteiger partial charge in [-0.3, -0.25) is 4.90 Å². The van der Waals surface area contributed by atoms with Crippen LogP contribution in [0.25, 0.3) is 0 Å². The predicted molar refractivity (Wildman–Crippen MR) is 116 cm³/mol. The van der Waals surface area contributed by atoms with Crippen LogP contribution in [0.3, 0.4) is 0 Å². The summed E-state index contributed by atoms with van der Waals surface area (Å²) in [5.74, 6) is 1.17. The molecule has 1 unspecified atom stereocenters. The number of hydrogen-bond donors (Lipinski definition) is 0. The number of piperidine rings is 1. The summed E-state index contributed by atoms with van der Waals surface area (Å²) in [7, 11) is 1.60. The number of rotatable bonds is 5. The van der Waals surface area contributed by atoms with Crippen molar-refractivity contribution in [2.24, 2.45) is 0 Å². The van der Waals surface area contributed by atoms with E-state index in [1.54, 1.807) is 24.1 Å². The lowest BCUT2D eigenvalue weighted by Crippen LogP contribution is -2.42. The summed E-state index contributed by atoms with van der Waals surface area (Å²) < 4.78 is 16.9. The van der Waals surface area contributed by atoms with Crippen LogP contribution in [0.4, 0.5) is 4.79 Å². The molecule has 30 heavy (non-hydrogen) atoms. The summed E-state index contributed by atoms with van der Waals surface area (Å²) >= 11 is 6.02. The zero-order valence-electron chi connectivity index (χ0n) is 18.0. The number of ether oxygens (including phenoxy) is 3. The van der Waals surface area contributed by atoms with Crippen molar-refractivity contribution < 1.29 is 19.0 Å². The van der Waals surface area contributed by atoms with E-state index in [2.05, 4.69) is 4.98 Å². The number of likely N-dealkylation sites (tertiary alicyclic amines) is 1. The standard InChI is InChI=1S/C23H29ClN2O4/c1-23(2,3)30-22(27)26-13-6-5-9-19(26)18-8-7-10-21(25-18)29-15-16-11-12-17(24)14-20(16)28-4/h7-8,10-12,14,19H,5-6,9,13,15H2,1-4H3. The molecule has 0 N–H and O–H groups in total. The van der Waals surface area contributed by atoms with Gasteiger partial charge in [-0.05, 0) is 58.2 Å². The Morgan fingerprint density at radius 2 is 2.03 bits per heavy atom. The van der Waals surface area contributed by atoms with Gasteiger partial charge in [-0.15, -0.1) is 0 Å². The van der Waals surface area contributed by atoms with E-state index in [1.165, 1.54) is 0 Å². The largest absolute Gasteiger partial charge is 0.496 e. The number of hydrogen-bond acceptors (Lipinski definition) is 5. The first-order valence-corrected chi connectivity index (χ1v) is 10.6. The summed E-state index contributed by atoms with van der Waals surface area (Å²) in [6.07, 6.45) is 2.55. The number of amides is 1. The van der Waals surface area contributed by atoms with Gasteiger partial charge in [-0.25, -0.2) is 9.78 Å². The van der Waals surface area contributed by atoms with E-state index in [-0.39, 0.29) is 12.1 Å². The van der Waals surface area contributed by atoms with Crippen molar-refractivity contribution in [1.82, 2.24) is 9.88 Å². The number of aromatic nitrogens is 1. The molecule has 1 aliphatic heterocycles. The SMILES string of the molecule is COc1cc(Cl)ccc1COc1cccc(C2CCCCN2C(=O)OC(C)(C)C)n1. The second-order valence-corrected chi connectivity index (χ2v) is 8.77. The first-order valence-electron chi connectivity index (χ1n) is 10.2. The van der Waals surface area contributed by atoms with Crippen LogP contribution in [0, 0.1) is 0 Å². The van der Waals surface area contributed by atoms with Crippen molar-refractivity contribution >= 4 is 17.7 Å². The molecule has 3 rings (SSSR count). The number of halogens is 1. The molecule has 1 atom stereocenters. The van der Waals surface area contributed by atoms with Gasteiger partial charge < -0.3 is 14.2 Å². The van der Waals surface area contributed by atoms with E-state index in [0.717, 1.165) is 30.5 Å². The second-order valence-electron chi connectivity index (χ2n) is 8.33. The minimum Gasteiger partial charge on any atom is -0.496 e. The van der Waals surface area contributed by atoms with Crippen LogP contribution in [-0.4, -0.2) is 35.2 Å². The first kappa shape index (κ1) is 22.2. The third kappa shape index (κ3) is 5.79. The van der Waals surface area contributed by atoms with Crippen molar-refractivity contribution in [2.45, 2.75) is 58.3 Å². The van der Waals surface area contributed by atoms with Gasteiger partial charge in [-0.2, -0.15) is 0 Å². The summed E-state index contributed by atoms with van der Waals surface area (Å²) in [6.45, 7) is 6.59. The third-order valence-electron chi connectivity index (χ3n) is 4.84. The molecule has 1 fully saturated rings. The van der Waals surface area contributed by atoms with E-state index >= 15 is 0 Å². The Balaban J connectivity index is 1.74. The Bertz CT molecular complexity index is 882. The van der Waals surface area contributed by atoms with Crippen LogP contribution in [0.1, 0.15) is 57.3 Å². The predicted octanol–water partition coefficient (Wildman–Crippen LogP) is 5.78. The Morgan fingerprint density at radius 3 is 2.77 bits per heavy atom. The molecule has 7 heteroatoms. The first-order chi connectivity index (χ1) is 14.3. The molecule has 1 aliphatic rings. The zero-order chi connectivity index (χ0) is 21.7. The normalized spacial score (nSPS) is 16.8. The minimum atomic E-state index is -0.533. The molecule has 0 bridgehead atoms. The van der Waals surface area contributed by atoms with Crippen LogP contribution in [0.5, 0.6) is 11.6 Å². The quantitative estimate of drug-likeness (QED) is 0.598. The topological polar surface area (TPSA) is 60.9 Å². The average Bonchev–Trinajstić information content (AvgIpc) is 2.71. The summed E-state index contributed by atoms with van der Waals surface area (Å²) in [4.78, 5) is 19.2. The van der Waals surface area contributed by atoms with E-state index < -0.39 is 5.60 Å². The molecule has 0 radical (unpaired) electrons. The van der Waals surface area contributed by atoms with Crippen LogP contribution < -0.4 is 9.47 Å². The van der Waals surface area contributed by atoms with Crippen molar-refractivity contribution in [1.29, 1.82) is 0 Å². The van der Waals surface area contributed by atoms with Gasteiger partial charge in [0.15, 0.2) is 0 Å². The highest BCUT2D eigenvalue weighted by atomic mass is 35.5. The molecular weight excluding hydrogens is 404 g/mol. The Hall–Kier alpha value is -2.47. The molecule has 1 amide bonds. The van der Waals surface area contributed by atoms with E-state index in [0.29, 0.717) is 29.8 Å². The van der Waals surface area contributed by atoms with Gasteiger partial charge in [0, 0.05) is 23.2 Å². The molecule has 6 nitrogen and oxygen atoms in total. The third-order valence-corrected chi connectivity index (χ3v) is 5.08. The lowest BCUT2D eigenvalue weighted by Gasteiger charge is -2.36. The fourth-order valence-corrected chi connectivity index (χ4v) is 3.63. The van der Waals surface area contributed by atoms with Gasteiger partial charge in [0.05, 0.1) is 18.8 Å². The number of benzene rings is 1. The van der Waals surface area contributed by atoms with Crippen molar-refractivity contribution in [3.05, 3.63) is 52.7 Å². The number of nitrogens with zero attached hydrogens (tertiary/aromatic N) is 2. The molecule has 2 aromatic rings. The molecule has 0 aliphatic carbocycles. The number of carbonyl (C=O) groups excluding carboxylic acids is 1. The molecule has 2 heterocycles. The summed E-state index contributed by atoms with van der Waals surface area (Å²) in [5.41, 5.74) is 1.15. The fourth-order valence-electron chi connectivity index (χ4n) is 3.46. The zero-order valence-corrected chi connectivity index (χ0v) is 18.7. The monoisotopic (exact) mass is 432 g/mol. The van der Waals surface area contributed by atoms with E-state index in [1.807, 2.05) is 45.0 Å². The second kappa shape index (κ2) is 9.56. The van der Waals surface area contributed by atoms with Gasteiger partial charge in [0.25, 0.3) is 0 Å². The van der Waals surface area contributed by atoms with Gasteiger partial charge >= 0.3 is 6.09 Å². The summed E-state index contributed by atoms with van der Waals surface area (Å²) in [6, 6.07) is 10.9. The molecule has 1 saturated heterocycles. The highest BCUT2D eigenvalue weighted by molar-refractivity contribution is 6.30. The number of carbonyl (C=O) groups is 1. The molecule has 0 saturated carbocycles. The fraction of sp³-hybridized carbons (Fsp3) is 0.478. The maximum absolute atomic E-state index is 12.7. The molecule has 162 valence electrons. The Labute approximate surface area is 183 Å². The molecule has 1 aromatic carbocycles. The van der Waals surface area contributed by atoms with Crippen LogP contribution in [-0.2, 0) is 11.3 Å². The smallest absolute Gasteiger partial charge is 0.410 e.